The zero-order chi connectivity index (χ0) is 8.81. The SMILES string of the molecule is COc1ccc(CC=CN)cc1. The Morgan fingerprint density at radius 1 is 1.33 bits per heavy atom. The molecule has 1 aromatic carbocycles. The molecule has 0 amide bonds. The molecule has 0 aliphatic rings. The highest BCUT2D eigenvalue weighted by Gasteiger charge is 1.90. The summed E-state index contributed by atoms with van der Waals surface area (Å²) in [6, 6.07) is 7.94. The molecule has 0 unspecified atom stereocenters. The lowest BCUT2D eigenvalue weighted by Gasteiger charge is -1.99. The first-order valence-electron chi connectivity index (χ1n) is 3.86. The van der Waals surface area contributed by atoms with Crippen molar-refractivity contribution in [3.8, 4) is 5.75 Å². The lowest BCUT2D eigenvalue weighted by atomic mass is 10.1. The number of nitrogens with two attached hydrogens (primary N) is 1. The zero-order valence-corrected chi connectivity index (χ0v) is 7.16. The second kappa shape index (κ2) is 4.44. The number of ether oxygens (including phenoxy) is 1. The lowest BCUT2D eigenvalue weighted by Crippen LogP contribution is -1.85. The van der Waals surface area contributed by atoms with E-state index in [9.17, 15) is 0 Å². The highest BCUT2D eigenvalue weighted by Crippen LogP contribution is 2.11. The Hall–Kier alpha value is -1.44. The molecule has 2 heteroatoms. The normalized spacial score (nSPS) is 10.4. The van der Waals surface area contributed by atoms with Gasteiger partial charge in [0, 0.05) is 0 Å². The smallest absolute Gasteiger partial charge is 0.118 e. The van der Waals surface area contributed by atoms with Crippen LogP contribution in [0.15, 0.2) is 36.5 Å². The predicted octanol–water partition coefficient (Wildman–Crippen LogP) is 1.71. The molecule has 0 aliphatic heterocycles. The van der Waals surface area contributed by atoms with E-state index in [1.165, 1.54) is 5.56 Å². The van der Waals surface area contributed by atoms with E-state index in [2.05, 4.69) is 0 Å². The van der Waals surface area contributed by atoms with E-state index in [4.69, 9.17) is 10.5 Å². The summed E-state index contributed by atoms with van der Waals surface area (Å²) in [6.07, 6.45) is 4.35. The summed E-state index contributed by atoms with van der Waals surface area (Å²) >= 11 is 0. The van der Waals surface area contributed by atoms with E-state index >= 15 is 0 Å². The fourth-order valence-corrected chi connectivity index (χ4v) is 0.966. The zero-order valence-electron chi connectivity index (χ0n) is 7.16. The molecule has 0 aliphatic carbocycles. The van der Waals surface area contributed by atoms with E-state index in [0.717, 1.165) is 12.2 Å². The molecule has 0 spiro atoms. The fraction of sp³-hybridized carbons (Fsp3) is 0.200. The Morgan fingerprint density at radius 2 is 2.00 bits per heavy atom. The van der Waals surface area contributed by atoms with Gasteiger partial charge in [0.1, 0.15) is 5.75 Å². The average molecular weight is 163 g/mol. The maximum atomic E-state index is 5.23. The first-order valence-corrected chi connectivity index (χ1v) is 3.86. The van der Waals surface area contributed by atoms with Crippen LogP contribution in [0, 0.1) is 0 Å². The summed E-state index contributed by atoms with van der Waals surface area (Å²) < 4.78 is 5.03. The van der Waals surface area contributed by atoms with Gasteiger partial charge in [-0.3, -0.25) is 0 Å². The Kier molecular flexibility index (Phi) is 3.20. The molecule has 0 saturated carbocycles. The second-order valence-electron chi connectivity index (χ2n) is 2.48. The van der Waals surface area contributed by atoms with Gasteiger partial charge in [-0.2, -0.15) is 0 Å². The fourth-order valence-electron chi connectivity index (χ4n) is 0.966. The number of hydrogen-bond donors (Lipinski definition) is 1. The number of allylic oxidation sites excluding steroid dienone is 1. The molecule has 0 heterocycles. The van der Waals surface area contributed by atoms with Crippen LogP contribution in [0.5, 0.6) is 5.75 Å². The van der Waals surface area contributed by atoms with Crippen LogP contribution in [0.1, 0.15) is 5.56 Å². The van der Waals surface area contributed by atoms with Crippen LogP contribution in [-0.2, 0) is 6.42 Å². The molecule has 0 aromatic heterocycles. The summed E-state index contributed by atoms with van der Waals surface area (Å²) in [7, 11) is 1.66. The predicted molar refractivity (Wildman–Crippen MR) is 50.0 cm³/mol. The van der Waals surface area contributed by atoms with Crippen LogP contribution in [0.2, 0.25) is 0 Å². The Bertz CT molecular complexity index is 251. The van der Waals surface area contributed by atoms with E-state index in [0.29, 0.717) is 0 Å². The van der Waals surface area contributed by atoms with Crippen LogP contribution in [0.3, 0.4) is 0 Å². The first kappa shape index (κ1) is 8.65. The Labute approximate surface area is 72.7 Å². The molecule has 12 heavy (non-hydrogen) atoms. The molecule has 0 radical (unpaired) electrons. The molecular weight excluding hydrogens is 150 g/mol. The highest BCUT2D eigenvalue weighted by molar-refractivity contribution is 5.28. The van der Waals surface area contributed by atoms with Crippen LogP contribution >= 0.6 is 0 Å². The van der Waals surface area contributed by atoms with Crippen molar-refractivity contribution in [2.45, 2.75) is 6.42 Å². The molecular formula is C10H13NO. The van der Waals surface area contributed by atoms with E-state index < -0.39 is 0 Å². The van der Waals surface area contributed by atoms with Crippen molar-refractivity contribution in [1.82, 2.24) is 0 Å². The van der Waals surface area contributed by atoms with Gasteiger partial charge in [0.15, 0.2) is 0 Å². The summed E-state index contributed by atoms with van der Waals surface area (Å²) in [5.74, 6) is 0.885. The lowest BCUT2D eigenvalue weighted by molar-refractivity contribution is 0.414. The van der Waals surface area contributed by atoms with Crippen molar-refractivity contribution < 1.29 is 4.74 Å². The molecule has 1 aromatic rings. The van der Waals surface area contributed by atoms with Gasteiger partial charge in [0.2, 0.25) is 0 Å². The van der Waals surface area contributed by atoms with Gasteiger partial charge in [-0.25, -0.2) is 0 Å². The molecule has 0 bridgehead atoms. The maximum Gasteiger partial charge on any atom is 0.118 e. The van der Waals surface area contributed by atoms with Crippen molar-refractivity contribution in [2.75, 3.05) is 7.11 Å². The topological polar surface area (TPSA) is 35.2 Å². The monoisotopic (exact) mass is 163 g/mol. The summed E-state index contributed by atoms with van der Waals surface area (Å²) in [4.78, 5) is 0. The standard InChI is InChI=1S/C10H13NO/c1-12-10-6-4-9(5-7-10)3-2-8-11/h2,4-8H,3,11H2,1H3. The van der Waals surface area contributed by atoms with E-state index in [1.54, 1.807) is 13.3 Å². The van der Waals surface area contributed by atoms with Gasteiger partial charge in [0.25, 0.3) is 0 Å². The molecule has 0 saturated heterocycles. The van der Waals surface area contributed by atoms with Crippen molar-refractivity contribution >= 4 is 0 Å². The summed E-state index contributed by atoms with van der Waals surface area (Å²) in [5, 5.41) is 0. The van der Waals surface area contributed by atoms with Crippen LogP contribution in [0.25, 0.3) is 0 Å². The third-order valence-corrected chi connectivity index (χ3v) is 1.65. The van der Waals surface area contributed by atoms with Crippen LogP contribution in [-0.4, -0.2) is 7.11 Å². The third kappa shape index (κ3) is 2.31. The quantitative estimate of drug-likeness (QED) is 0.736. The van der Waals surface area contributed by atoms with Gasteiger partial charge in [-0.1, -0.05) is 18.2 Å². The molecule has 0 atom stereocenters. The van der Waals surface area contributed by atoms with Gasteiger partial charge in [0.05, 0.1) is 7.11 Å². The Morgan fingerprint density at radius 3 is 2.50 bits per heavy atom. The van der Waals surface area contributed by atoms with Gasteiger partial charge in [-0.05, 0) is 30.3 Å². The van der Waals surface area contributed by atoms with E-state index in [-0.39, 0.29) is 0 Å². The van der Waals surface area contributed by atoms with Crippen molar-refractivity contribution in [1.29, 1.82) is 0 Å². The van der Waals surface area contributed by atoms with E-state index in [1.807, 2.05) is 30.3 Å². The minimum absolute atomic E-state index is 0.875. The molecule has 2 nitrogen and oxygen atoms in total. The second-order valence-corrected chi connectivity index (χ2v) is 2.48. The van der Waals surface area contributed by atoms with Crippen LogP contribution < -0.4 is 10.5 Å². The average Bonchev–Trinajstić information content (AvgIpc) is 2.15. The minimum atomic E-state index is 0.875. The van der Waals surface area contributed by atoms with Gasteiger partial charge >= 0.3 is 0 Å². The van der Waals surface area contributed by atoms with Gasteiger partial charge < -0.3 is 10.5 Å². The molecule has 0 fully saturated rings. The van der Waals surface area contributed by atoms with Crippen molar-refractivity contribution in [2.24, 2.45) is 5.73 Å². The highest BCUT2D eigenvalue weighted by atomic mass is 16.5. The van der Waals surface area contributed by atoms with Crippen LogP contribution in [0.4, 0.5) is 0 Å². The number of hydrogen-bond acceptors (Lipinski definition) is 2. The summed E-state index contributed by atoms with van der Waals surface area (Å²) in [5.41, 5.74) is 6.46. The number of methoxy groups -OCH3 is 1. The molecule has 2 N–H and O–H groups in total. The van der Waals surface area contributed by atoms with Gasteiger partial charge in [-0.15, -0.1) is 0 Å². The minimum Gasteiger partial charge on any atom is -0.497 e. The first-order chi connectivity index (χ1) is 5.86. The third-order valence-electron chi connectivity index (χ3n) is 1.65. The number of benzene rings is 1. The van der Waals surface area contributed by atoms with Crippen molar-refractivity contribution in [3.63, 3.8) is 0 Å². The number of rotatable bonds is 3. The largest absolute Gasteiger partial charge is 0.497 e. The molecule has 64 valence electrons. The Balaban J connectivity index is 2.64. The maximum absolute atomic E-state index is 5.23. The molecule has 1 rings (SSSR count). The summed E-state index contributed by atoms with van der Waals surface area (Å²) in [6.45, 7) is 0. The van der Waals surface area contributed by atoms with Crippen molar-refractivity contribution in [3.05, 3.63) is 42.1 Å².